The normalized spacial score (nSPS) is 21.2. The lowest BCUT2D eigenvalue weighted by Crippen LogP contribution is -2.21. The summed E-state index contributed by atoms with van der Waals surface area (Å²) in [4.78, 5) is 10.6. The highest BCUT2D eigenvalue weighted by atomic mass is 16.6. The molecule has 1 atom stereocenters. The fourth-order valence-corrected chi connectivity index (χ4v) is 2.20. The lowest BCUT2D eigenvalue weighted by atomic mass is 10.2. The minimum atomic E-state index is -0.462. The minimum Gasteiger partial charge on any atom is -0.486 e. The highest BCUT2D eigenvalue weighted by Crippen LogP contribution is 2.41. The van der Waals surface area contributed by atoms with Crippen molar-refractivity contribution >= 4 is 5.69 Å². The molecule has 102 valence electrons. The number of fused-ring (bicyclic) bond motifs is 1. The van der Waals surface area contributed by atoms with Crippen LogP contribution < -0.4 is 19.5 Å². The molecule has 1 N–H and O–H groups in total. The van der Waals surface area contributed by atoms with E-state index in [1.807, 2.05) is 0 Å². The number of hydrogen-bond acceptors (Lipinski definition) is 6. The largest absolute Gasteiger partial charge is 0.486 e. The number of hydrogen-bond donors (Lipinski definition) is 1. The second kappa shape index (κ2) is 4.93. The van der Waals surface area contributed by atoms with Gasteiger partial charge < -0.3 is 19.5 Å². The van der Waals surface area contributed by atoms with Crippen molar-refractivity contribution in [3.8, 4) is 17.2 Å². The van der Waals surface area contributed by atoms with Gasteiger partial charge in [0.05, 0.1) is 11.0 Å². The van der Waals surface area contributed by atoms with E-state index in [4.69, 9.17) is 14.2 Å². The van der Waals surface area contributed by atoms with E-state index in [0.717, 1.165) is 13.0 Å². The maximum atomic E-state index is 11.1. The molecule has 3 rings (SSSR count). The Morgan fingerprint density at radius 3 is 2.68 bits per heavy atom. The highest BCUT2D eigenvalue weighted by Gasteiger charge is 2.26. The average Bonchev–Trinajstić information content (AvgIpc) is 2.90. The van der Waals surface area contributed by atoms with Crippen molar-refractivity contribution in [1.29, 1.82) is 0 Å². The molecular weight excluding hydrogens is 252 g/mol. The van der Waals surface area contributed by atoms with E-state index in [0.29, 0.717) is 31.3 Å². The zero-order chi connectivity index (χ0) is 13.2. The van der Waals surface area contributed by atoms with Crippen LogP contribution in [0.25, 0.3) is 0 Å². The second-order valence-corrected chi connectivity index (χ2v) is 4.45. The first-order valence-corrected chi connectivity index (χ1v) is 6.19. The monoisotopic (exact) mass is 266 g/mol. The van der Waals surface area contributed by atoms with Crippen LogP contribution in [0.3, 0.4) is 0 Å². The molecule has 7 nitrogen and oxygen atoms in total. The summed E-state index contributed by atoms with van der Waals surface area (Å²) in [6.45, 7) is 2.40. The topological polar surface area (TPSA) is 82.9 Å². The van der Waals surface area contributed by atoms with Crippen molar-refractivity contribution in [1.82, 2.24) is 5.32 Å². The average molecular weight is 266 g/mol. The first-order chi connectivity index (χ1) is 9.24. The van der Waals surface area contributed by atoms with Gasteiger partial charge in [0.15, 0.2) is 11.5 Å². The van der Waals surface area contributed by atoms with Crippen LogP contribution in [0.4, 0.5) is 5.69 Å². The lowest BCUT2D eigenvalue weighted by molar-refractivity contribution is -0.386. The van der Waals surface area contributed by atoms with Crippen LogP contribution in [0.5, 0.6) is 17.2 Å². The molecule has 2 aliphatic heterocycles. The van der Waals surface area contributed by atoms with Crippen LogP contribution in [0.2, 0.25) is 0 Å². The van der Waals surface area contributed by atoms with Gasteiger partial charge in [0.2, 0.25) is 5.75 Å². The summed E-state index contributed by atoms with van der Waals surface area (Å²) < 4.78 is 16.5. The van der Waals surface area contributed by atoms with Gasteiger partial charge in [0, 0.05) is 12.6 Å². The molecule has 2 aliphatic rings. The second-order valence-electron chi connectivity index (χ2n) is 4.45. The van der Waals surface area contributed by atoms with Gasteiger partial charge in [0.25, 0.3) is 0 Å². The Kier molecular flexibility index (Phi) is 3.12. The van der Waals surface area contributed by atoms with Gasteiger partial charge in [-0.1, -0.05) is 0 Å². The number of ether oxygens (including phenoxy) is 3. The van der Waals surface area contributed by atoms with Gasteiger partial charge in [-0.25, -0.2) is 0 Å². The number of nitro groups is 1. The predicted octanol–water partition coefficient (Wildman–Crippen LogP) is 1.11. The molecule has 1 saturated heterocycles. The number of benzene rings is 1. The molecule has 1 aromatic rings. The summed E-state index contributed by atoms with van der Waals surface area (Å²) >= 11 is 0. The summed E-state index contributed by atoms with van der Waals surface area (Å²) in [7, 11) is 0. The maximum absolute atomic E-state index is 11.1. The molecule has 2 heterocycles. The van der Waals surface area contributed by atoms with Crippen LogP contribution in [-0.4, -0.2) is 37.3 Å². The molecule has 1 aromatic carbocycles. The number of nitrogens with one attached hydrogen (secondary N) is 1. The Labute approximate surface area is 109 Å². The van der Waals surface area contributed by atoms with Crippen molar-refractivity contribution in [2.75, 3.05) is 26.3 Å². The van der Waals surface area contributed by atoms with Crippen molar-refractivity contribution in [3.63, 3.8) is 0 Å². The molecule has 0 aliphatic carbocycles. The third-order valence-electron chi connectivity index (χ3n) is 3.13. The van der Waals surface area contributed by atoms with Crippen LogP contribution in [0.1, 0.15) is 6.42 Å². The van der Waals surface area contributed by atoms with Crippen molar-refractivity contribution in [2.45, 2.75) is 12.5 Å². The fraction of sp³-hybridized carbons (Fsp3) is 0.500. The van der Waals surface area contributed by atoms with E-state index in [-0.39, 0.29) is 17.5 Å². The van der Waals surface area contributed by atoms with E-state index in [1.54, 1.807) is 6.07 Å². The van der Waals surface area contributed by atoms with Gasteiger partial charge in [-0.3, -0.25) is 10.1 Å². The quantitative estimate of drug-likeness (QED) is 0.651. The summed E-state index contributed by atoms with van der Waals surface area (Å²) in [5.74, 6) is 1.13. The van der Waals surface area contributed by atoms with E-state index < -0.39 is 4.92 Å². The Balaban J connectivity index is 1.93. The number of nitrogens with zero attached hydrogens (tertiary/aromatic N) is 1. The molecule has 7 heteroatoms. The van der Waals surface area contributed by atoms with Crippen LogP contribution in [0, 0.1) is 10.1 Å². The molecule has 1 unspecified atom stereocenters. The van der Waals surface area contributed by atoms with Gasteiger partial charge in [-0.05, 0) is 13.0 Å². The SMILES string of the molecule is O=[N+]([O-])c1cc2c(cc1OC1CCNC1)OCCO2. The molecule has 0 radical (unpaired) electrons. The standard InChI is InChI=1S/C12H14N2O5/c15-14(16)9-5-11-12(18-4-3-17-11)6-10(9)19-8-1-2-13-7-8/h5-6,8,13H,1-4,7H2. The Morgan fingerprint density at radius 2 is 2.05 bits per heavy atom. The van der Waals surface area contributed by atoms with Gasteiger partial charge in [-0.15, -0.1) is 0 Å². The van der Waals surface area contributed by atoms with E-state index >= 15 is 0 Å². The number of rotatable bonds is 3. The summed E-state index contributed by atoms with van der Waals surface area (Å²) in [5.41, 5.74) is -0.0869. The first kappa shape index (κ1) is 12.0. The van der Waals surface area contributed by atoms with Crippen molar-refractivity contribution < 1.29 is 19.1 Å². The zero-order valence-electron chi connectivity index (χ0n) is 10.3. The molecule has 19 heavy (non-hydrogen) atoms. The Morgan fingerprint density at radius 1 is 1.32 bits per heavy atom. The molecular formula is C12H14N2O5. The van der Waals surface area contributed by atoms with E-state index in [9.17, 15) is 10.1 Å². The Hall–Kier alpha value is -2.02. The van der Waals surface area contributed by atoms with Gasteiger partial charge in [-0.2, -0.15) is 0 Å². The molecule has 0 spiro atoms. The maximum Gasteiger partial charge on any atom is 0.314 e. The Bertz CT molecular complexity index is 499. The third-order valence-corrected chi connectivity index (χ3v) is 3.13. The van der Waals surface area contributed by atoms with E-state index in [2.05, 4.69) is 5.32 Å². The number of nitro benzene ring substituents is 1. The van der Waals surface area contributed by atoms with Crippen LogP contribution in [-0.2, 0) is 0 Å². The first-order valence-electron chi connectivity index (χ1n) is 6.19. The summed E-state index contributed by atoms with van der Waals surface area (Å²) in [6, 6.07) is 2.91. The van der Waals surface area contributed by atoms with Crippen molar-refractivity contribution in [3.05, 3.63) is 22.2 Å². The van der Waals surface area contributed by atoms with Crippen molar-refractivity contribution in [2.24, 2.45) is 0 Å². The molecule has 0 saturated carbocycles. The van der Waals surface area contributed by atoms with E-state index in [1.165, 1.54) is 6.07 Å². The van der Waals surface area contributed by atoms with Gasteiger partial charge >= 0.3 is 5.69 Å². The zero-order valence-corrected chi connectivity index (χ0v) is 10.3. The van der Waals surface area contributed by atoms with Crippen LogP contribution in [0.15, 0.2) is 12.1 Å². The van der Waals surface area contributed by atoms with Crippen LogP contribution >= 0.6 is 0 Å². The molecule has 1 fully saturated rings. The molecule has 0 aromatic heterocycles. The summed E-state index contributed by atoms with van der Waals surface area (Å²) in [5, 5.41) is 14.2. The molecule has 0 bridgehead atoms. The minimum absolute atomic E-state index is 0.0405. The van der Waals surface area contributed by atoms with Gasteiger partial charge in [0.1, 0.15) is 19.3 Å². The molecule has 0 amide bonds. The highest BCUT2D eigenvalue weighted by molar-refractivity contribution is 5.58. The lowest BCUT2D eigenvalue weighted by Gasteiger charge is -2.20. The summed E-state index contributed by atoms with van der Waals surface area (Å²) in [6.07, 6.45) is 0.798. The fourth-order valence-electron chi connectivity index (χ4n) is 2.20. The predicted molar refractivity (Wildman–Crippen MR) is 66.0 cm³/mol. The third kappa shape index (κ3) is 2.41. The smallest absolute Gasteiger partial charge is 0.314 e.